The summed E-state index contributed by atoms with van der Waals surface area (Å²) in [4.78, 5) is -0.0282. The van der Waals surface area contributed by atoms with Crippen molar-refractivity contribution in [3.8, 4) is 11.6 Å². The van der Waals surface area contributed by atoms with E-state index < -0.39 is 10.1 Å². The van der Waals surface area contributed by atoms with E-state index in [1.807, 2.05) is 0 Å². The van der Waals surface area contributed by atoms with E-state index in [1.54, 1.807) is 25.1 Å². The summed E-state index contributed by atoms with van der Waals surface area (Å²) in [6.07, 6.45) is 0. The summed E-state index contributed by atoms with van der Waals surface area (Å²) in [5.74, 6) is -0.00313. The van der Waals surface area contributed by atoms with Crippen molar-refractivity contribution in [2.24, 2.45) is 0 Å². The minimum Gasteiger partial charge on any atom is -0.358 e. The third-order valence-corrected chi connectivity index (χ3v) is 5.28. The Morgan fingerprint density at radius 2 is 1.60 bits per heavy atom. The molecular weight excluding hydrogens is 407 g/mol. The lowest BCUT2D eigenvalue weighted by molar-refractivity contribution is 0.465. The van der Waals surface area contributed by atoms with E-state index in [4.69, 9.17) is 39.0 Å². The van der Waals surface area contributed by atoms with Crippen molar-refractivity contribution in [1.29, 1.82) is 0 Å². The van der Waals surface area contributed by atoms with Gasteiger partial charge in [-0.3, -0.25) is 0 Å². The summed E-state index contributed by atoms with van der Waals surface area (Å²) in [6, 6.07) is 11.9. The Morgan fingerprint density at radius 1 is 0.960 bits per heavy atom. The molecule has 0 radical (unpaired) electrons. The molecule has 0 aliphatic carbocycles. The number of aryl methyl sites for hydroxylation is 1. The molecule has 0 atom stereocenters. The maximum absolute atomic E-state index is 12.5. The second-order valence-electron chi connectivity index (χ2n) is 5.12. The zero-order chi connectivity index (χ0) is 18.2. The van der Waals surface area contributed by atoms with Crippen LogP contribution in [0, 0.1) is 6.92 Å². The van der Waals surface area contributed by atoms with Crippen LogP contribution in [-0.4, -0.2) is 18.2 Å². The van der Waals surface area contributed by atoms with Crippen LogP contribution < -0.4 is 4.18 Å². The molecule has 5 nitrogen and oxygen atoms in total. The van der Waals surface area contributed by atoms with Gasteiger partial charge in [0.2, 0.25) is 5.88 Å². The van der Waals surface area contributed by atoms with Crippen molar-refractivity contribution in [2.75, 3.05) is 0 Å². The Labute approximate surface area is 159 Å². The highest BCUT2D eigenvalue weighted by molar-refractivity contribution is 7.87. The maximum atomic E-state index is 12.5. The number of nitrogens with zero attached hydrogens (tertiary/aromatic N) is 2. The number of rotatable bonds is 4. The van der Waals surface area contributed by atoms with E-state index >= 15 is 0 Å². The quantitative estimate of drug-likeness (QED) is 0.566. The van der Waals surface area contributed by atoms with Crippen LogP contribution in [0.1, 0.15) is 5.69 Å². The van der Waals surface area contributed by atoms with Gasteiger partial charge in [-0.05, 0) is 49.4 Å². The lowest BCUT2D eigenvalue weighted by Crippen LogP contribution is -2.12. The molecule has 0 unspecified atom stereocenters. The van der Waals surface area contributed by atoms with Gasteiger partial charge < -0.3 is 4.18 Å². The van der Waals surface area contributed by atoms with Gasteiger partial charge in [-0.2, -0.15) is 18.2 Å². The van der Waals surface area contributed by atoms with Crippen molar-refractivity contribution < 1.29 is 12.6 Å². The monoisotopic (exact) mass is 416 g/mol. The fourth-order valence-electron chi connectivity index (χ4n) is 2.12. The Morgan fingerprint density at radius 3 is 2.28 bits per heavy atom. The first kappa shape index (κ1) is 18.1. The van der Waals surface area contributed by atoms with Gasteiger partial charge in [0.05, 0.1) is 16.4 Å². The van der Waals surface area contributed by atoms with Crippen molar-refractivity contribution in [1.82, 2.24) is 9.78 Å². The lowest BCUT2D eigenvalue weighted by atomic mass is 10.3. The molecule has 0 fully saturated rings. The molecule has 0 saturated heterocycles. The fourth-order valence-corrected chi connectivity index (χ4v) is 3.52. The predicted molar refractivity (Wildman–Crippen MR) is 97.6 cm³/mol. The van der Waals surface area contributed by atoms with Gasteiger partial charge >= 0.3 is 10.1 Å². The standard InChI is InChI=1S/C16H11Cl3N2O3S/c1-10-8-16(21(20-10)15-9-12(18)4-7-14(15)19)24-25(22,23)13-5-2-11(17)3-6-13/h2-9H,1H3. The molecule has 0 N–H and O–H groups in total. The van der Waals surface area contributed by atoms with Crippen molar-refractivity contribution in [2.45, 2.75) is 11.8 Å². The van der Waals surface area contributed by atoms with E-state index in [2.05, 4.69) is 5.10 Å². The average molecular weight is 418 g/mol. The zero-order valence-corrected chi connectivity index (χ0v) is 15.9. The molecule has 1 aromatic heterocycles. The highest BCUT2D eigenvalue weighted by Crippen LogP contribution is 2.29. The van der Waals surface area contributed by atoms with E-state index in [-0.39, 0.29) is 10.8 Å². The summed E-state index contributed by atoms with van der Waals surface area (Å²) >= 11 is 18.0. The second kappa shape index (κ2) is 6.88. The van der Waals surface area contributed by atoms with Gasteiger partial charge in [-0.25, -0.2) is 0 Å². The van der Waals surface area contributed by atoms with Crippen LogP contribution in [0.3, 0.4) is 0 Å². The summed E-state index contributed by atoms with van der Waals surface area (Å²) in [7, 11) is -4.07. The number of hydrogen-bond acceptors (Lipinski definition) is 4. The molecule has 0 amide bonds. The molecule has 2 aromatic carbocycles. The molecule has 0 bridgehead atoms. The van der Waals surface area contributed by atoms with Gasteiger partial charge in [0.15, 0.2) is 0 Å². The summed E-state index contributed by atoms with van der Waals surface area (Å²) < 4.78 is 31.5. The van der Waals surface area contributed by atoms with Crippen LogP contribution in [0.4, 0.5) is 0 Å². The smallest absolute Gasteiger partial charge is 0.340 e. The van der Waals surface area contributed by atoms with Gasteiger partial charge in [0, 0.05) is 16.1 Å². The molecule has 0 aliphatic rings. The first-order valence-corrected chi connectivity index (χ1v) is 9.52. The largest absolute Gasteiger partial charge is 0.358 e. The van der Waals surface area contributed by atoms with Crippen LogP contribution in [0.15, 0.2) is 53.4 Å². The molecular formula is C16H11Cl3N2O3S. The Bertz CT molecular complexity index is 1030. The molecule has 3 aromatic rings. The molecule has 0 saturated carbocycles. The third-order valence-electron chi connectivity index (χ3n) is 3.23. The maximum Gasteiger partial charge on any atom is 0.340 e. The highest BCUT2D eigenvalue weighted by Gasteiger charge is 2.21. The van der Waals surface area contributed by atoms with E-state index in [0.29, 0.717) is 26.4 Å². The van der Waals surface area contributed by atoms with Crippen LogP contribution in [0.5, 0.6) is 5.88 Å². The number of benzene rings is 2. The fraction of sp³-hybridized carbons (Fsp3) is 0.0625. The molecule has 0 spiro atoms. The Balaban J connectivity index is 2.04. The SMILES string of the molecule is Cc1cc(OS(=O)(=O)c2ccc(Cl)cc2)n(-c2cc(Cl)ccc2Cl)n1. The molecule has 25 heavy (non-hydrogen) atoms. The average Bonchev–Trinajstić information content (AvgIpc) is 2.89. The van der Waals surface area contributed by atoms with E-state index in [9.17, 15) is 8.42 Å². The number of halogens is 3. The van der Waals surface area contributed by atoms with Crippen molar-refractivity contribution in [3.63, 3.8) is 0 Å². The third kappa shape index (κ3) is 3.93. The highest BCUT2D eigenvalue weighted by atomic mass is 35.5. The van der Waals surface area contributed by atoms with Crippen LogP contribution in [-0.2, 0) is 10.1 Å². The molecule has 0 aliphatic heterocycles. The summed E-state index contributed by atoms with van der Waals surface area (Å²) in [5, 5.41) is 5.44. The van der Waals surface area contributed by atoms with Crippen molar-refractivity contribution in [3.05, 3.63) is 69.3 Å². The lowest BCUT2D eigenvalue weighted by Gasteiger charge is -2.11. The van der Waals surface area contributed by atoms with Gasteiger partial charge in [-0.15, -0.1) is 0 Å². The second-order valence-corrected chi connectivity index (χ2v) is 7.95. The van der Waals surface area contributed by atoms with E-state index in [1.165, 1.54) is 35.0 Å². The van der Waals surface area contributed by atoms with Gasteiger partial charge in [-0.1, -0.05) is 34.8 Å². The van der Waals surface area contributed by atoms with Gasteiger partial charge in [0.25, 0.3) is 0 Å². The molecule has 130 valence electrons. The van der Waals surface area contributed by atoms with Crippen molar-refractivity contribution >= 4 is 44.9 Å². The van der Waals surface area contributed by atoms with Crippen LogP contribution >= 0.6 is 34.8 Å². The Hall–Kier alpha value is -1.73. The van der Waals surface area contributed by atoms with Gasteiger partial charge in [0.1, 0.15) is 4.90 Å². The number of aromatic nitrogens is 2. The minimum atomic E-state index is -4.07. The molecule has 1 heterocycles. The first-order valence-electron chi connectivity index (χ1n) is 6.98. The summed E-state index contributed by atoms with van der Waals surface area (Å²) in [5.41, 5.74) is 0.959. The Kier molecular flexibility index (Phi) is 4.97. The topological polar surface area (TPSA) is 61.2 Å². The molecule has 9 heteroatoms. The molecule has 3 rings (SSSR count). The normalized spacial score (nSPS) is 11.5. The zero-order valence-electron chi connectivity index (χ0n) is 12.8. The number of hydrogen-bond donors (Lipinski definition) is 0. The minimum absolute atomic E-state index is 0.00313. The predicted octanol–water partition coefficient (Wildman–Crippen LogP) is 4.91. The summed E-state index contributed by atoms with van der Waals surface area (Å²) in [6.45, 7) is 1.71. The van der Waals surface area contributed by atoms with Crippen LogP contribution in [0.25, 0.3) is 5.69 Å². The first-order chi connectivity index (χ1) is 11.8. The van der Waals surface area contributed by atoms with Crippen LogP contribution in [0.2, 0.25) is 15.1 Å². The van der Waals surface area contributed by atoms with E-state index in [0.717, 1.165) is 0 Å².